The van der Waals surface area contributed by atoms with Gasteiger partial charge in [-0.1, -0.05) is 48.0 Å². The summed E-state index contributed by atoms with van der Waals surface area (Å²) >= 11 is 0. The molecule has 1 N–H and O–H groups in total. The van der Waals surface area contributed by atoms with E-state index in [1.165, 1.54) is 16.7 Å². The summed E-state index contributed by atoms with van der Waals surface area (Å²) in [5, 5.41) is 10.8. The quantitative estimate of drug-likeness (QED) is 0.875. The molecule has 0 bridgehead atoms. The molecular formula is C18H22O. The van der Waals surface area contributed by atoms with Gasteiger partial charge in [0, 0.05) is 6.42 Å². The van der Waals surface area contributed by atoms with Crippen LogP contribution < -0.4 is 0 Å². The van der Waals surface area contributed by atoms with Crippen molar-refractivity contribution in [2.75, 3.05) is 0 Å². The number of rotatable bonds is 3. The molecule has 0 radical (unpaired) electrons. The van der Waals surface area contributed by atoms with Crippen LogP contribution in [0.3, 0.4) is 0 Å². The van der Waals surface area contributed by atoms with Gasteiger partial charge in [-0.3, -0.25) is 0 Å². The van der Waals surface area contributed by atoms with E-state index in [0.717, 1.165) is 11.1 Å². The van der Waals surface area contributed by atoms with E-state index in [-0.39, 0.29) is 0 Å². The first-order valence-corrected chi connectivity index (χ1v) is 6.75. The van der Waals surface area contributed by atoms with Crippen molar-refractivity contribution in [2.45, 2.75) is 39.7 Å². The second-order valence-electron chi connectivity index (χ2n) is 5.70. The molecule has 0 heterocycles. The summed E-state index contributed by atoms with van der Waals surface area (Å²) in [6.45, 7) is 8.14. The maximum Gasteiger partial charge on any atom is 0.0911 e. The SMILES string of the molecule is Cc1ccc(C)c(CC(C)(O)c2ccccc2C)c1. The Hall–Kier alpha value is -1.60. The summed E-state index contributed by atoms with van der Waals surface area (Å²) in [5.41, 5.74) is 5.01. The van der Waals surface area contributed by atoms with Crippen molar-refractivity contribution >= 4 is 0 Å². The molecule has 0 fully saturated rings. The minimum absolute atomic E-state index is 0.644. The van der Waals surface area contributed by atoms with Gasteiger partial charge in [-0.15, -0.1) is 0 Å². The fourth-order valence-corrected chi connectivity index (χ4v) is 2.63. The number of aryl methyl sites for hydroxylation is 3. The van der Waals surface area contributed by atoms with Gasteiger partial charge >= 0.3 is 0 Å². The van der Waals surface area contributed by atoms with Crippen molar-refractivity contribution in [3.05, 3.63) is 70.3 Å². The molecule has 1 heteroatoms. The Bertz CT molecular complexity index is 582. The van der Waals surface area contributed by atoms with Crippen LogP contribution in [0.2, 0.25) is 0 Å². The van der Waals surface area contributed by atoms with Crippen molar-refractivity contribution in [2.24, 2.45) is 0 Å². The summed E-state index contributed by atoms with van der Waals surface area (Å²) in [7, 11) is 0. The molecule has 1 atom stereocenters. The van der Waals surface area contributed by atoms with Crippen molar-refractivity contribution in [1.82, 2.24) is 0 Å². The average Bonchev–Trinajstić information content (AvgIpc) is 2.34. The molecule has 0 amide bonds. The van der Waals surface area contributed by atoms with Crippen LogP contribution in [0.25, 0.3) is 0 Å². The number of hydrogen-bond acceptors (Lipinski definition) is 1. The number of hydrogen-bond donors (Lipinski definition) is 1. The Morgan fingerprint density at radius 2 is 1.63 bits per heavy atom. The molecule has 0 saturated heterocycles. The highest BCUT2D eigenvalue weighted by Gasteiger charge is 2.25. The van der Waals surface area contributed by atoms with Crippen LogP contribution in [0.15, 0.2) is 42.5 Å². The lowest BCUT2D eigenvalue weighted by Gasteiger charge is -2.26. The summed E-state index contributed by atoms with van der Waals surface area (Å²) in [4.78, 5) is 0. The molecule has 2 aromatic rings. The van der Waals surface area contributed by atoms with E-state index in [1.54, 1.807) is 0 Å². The lowest BCUT2D eigenvalue weighted by atomic mass is 9.85. The Balaban J connectivity index is 2.36. The highest BCUT2D eigenvalue weighted by molar-refractivity contribution is 5.36. The molecule has 2 rings (SSSR count). The third kappa shape index (κ3) is 3.05. The van der Waals surface area contributed by atoms with E-state index >= 15 is 0 Å². The van der Waals surface area contributed by atoms with Crippen LogP contribution in [0.4, 0.5) is 0 Å². The molecule has 0 aromatic heterocycles. The molecule has 0 saturated carbocycles. The van der Waals surface area contributed by atoms with E-state index in [0.29, 0.717) is 6.42 Å². The second-order valence-corrected chi connectivity index (χ2v) is 5.70. The molecule has 1 unspecified atom stereocenters. The molecular weight excluding hydrogens is 232 g/mol. The van der Waals surface area contributed by atoms with Gasteiger partial charge in [-0.05, 0) is 49.9 Å². The van der Waals surface area contributed by atoms with E-state index in [1.807, 2.05) is 38.1 Å². The van der Waals surface area contributed by atoms with Gasteiger partial charge in [0.05, 0.1) is 5.60 Å². The maximum atomic E-state index is 10.8. The van der Waals surface area contributed by atoms with Gasteiger partial charge in [0.1, 0.15) is 0 Å². The predicted octanol–water partition coefficient (Wildman–Crippen LogP) is 4.06. The first-order valence-electron chi connectivity index (χ1n) is 6.75. The molecule has 2 aromatic carbocycles. The smallest absolute Gasteiger partial charge is 0.0911 e. The highest BCUT2D eigenvalue weighted by Crippen LogP contribution is 2.29. The Morgan fingerprint density at radius 1 is 0.947 bits per heavy atom. The van der Waals surface area contributed by atoms with Gasteiger partial charge < -0.3 is 5.11 Å². The van der Waals surface area contributed by atoms with E-state index < -0.39 is 5.60 Å². The summed E-state index contributed by atoms with van der Waals surface area (Å²) < 4.78 is 0. The van der Waals surface area contributed by atoms with Crippen molar-refractivity contribution < 1.29 is 5.11 Å². The molecule has 100 valence electrons. The molecule has 0 spiro atoms. The monoisotopic (exact) mass is 254 g/mol. The largest absolute Gasteiger partial charge is 0.385 e. The second kappa shape index (κ2) is 5.18. The third-order valence-corrected chi connectivity index (χ3v) is 3.76. The van der Waals surface area contributed by atoms with Crippen LogP contribution in [0.1, 0.15) is 34.7 Å². The third-order valence-electron chi connectivity index (χ3n) is 3.76. The maximum absolute atomic E-state index is 10.8. The number of aliphatic hydroxyl groups is 1. The zero-order chi connectivity index (χ0) is 14.0. The Kier molecular flexibility index (Phi) is 3.77. The van der Waals surface area contributed by atoms with Crippen LogP contribution in [-0.2, 0) is 12.0 Å². The first-order chi connectivity index (χ1) is 8.90. The highest BCUT2D eigenvalue weighted by atomic mass is 16.3. The molecule has 0 aliphatic carbocycles. The van der Waals surface area contributed by atoms with Gasteiger partial charge in [0.15, 0.2) is 0 Å². The van der Waals surface area contributed by atoms with Gasteiger partial charge in [-0.25, -0.2) is 0 Å². The van der Waals surface area contributed by atoms with E-state index in [4.69, 9.17) is 0 Å². The van der Waals surface area contributed by atoms with Gasteiger partial charge in [0.2, 0.25) is 0 Å². The lowest BCUT2D eigenvalue weighted by Crippen LogP contribution is -2.25. The molecule has 19 heavy (non-hydrogen) atoms. The van der Waals surface area contributed by atoms with Crippen LogP contribution in [-0.4, -0.2) is 5.11 Å². The molecule has 0 aliphatic rings. The molecule has 0 aliphatic heterocycles. The van der Waals surface area contributed by atoms with Gasteiger partial charge in [0.25, 0.3) is 0 Å². The fourth-order valence-electron chi connectivity index (χ4n) is 2.63. The van der Waals surface area contributed by atoms with Crippen molar-refractivity contribution in [3.8, 4) is 0 Å². The normalized spacial score (nSPS) is 14.2. The van der Waals surface area contributed by atoms with Crippen LogP contribution in [0, 0.1) is 20.8 Å². The summed E-state index contributed by atoms with van der Waals surface area (Å²) in [6, 6.07) is 14.5. The zero-order valence-corrected chi connectivity index (χ0v) is 12.2. The predicted molar refractivity (Wildman–Crippen MR) is 80.4 cm³/mol. The van der Waals surface area contributed by atoms with E-state index in [2.05, 4.69) is 32.0 Å². The summed E-state index contributed by atoms with van der Waals surface area (Å²) in [6.07, 6.45) is 0.644. The standard InChI is InChI=1S/C18H22O/c1-13-9-10-14(2)16(11-13)12-18(4,19)17-8-6-5-7-15(17)3/h5-11,19H,12H2,1-4H3. The fraction of sp³-hybridized carbons (Fsp3) is 0.333. The minimum atomic E-state index is -0.829. The average molecular weight is 254 g/mol. The van der Waals surface area contributed by atoms with Gasteiger partial charge in [-0.2, -0.15) is 0 Å². The summed E-state index contributed by atoms with van der Waals surface area (Å²) in [5.74, 6) is 0. The Morgan fingerprint density at radius 3 is 2.32 bits per heavy atom. The van der Waals surface area contributed by atoms with Crippen molar-refractivity contribution in [3.63, 3.8) is 0 Å². The molecule has 1 nitrogen and oxygen atoms in total. The van der Waals surface area contributed by atoms with E-state index in [9.17, 15) is 5.11 Å². The topological polar surface area (TPSA) is 20.2 Å². The van der Waals surface area contributed by atoms with Crippen LogP contribution >= 0.6 is 0 Å². The Labute approximate surface area is 115 Å². The number of benzene rings is 2. The lowest BCUT2D eigenvalue weighted by molar-refractivity contribution is 0.0568. The van der Waals surface area contributed by atoms with Crippen molar-refractivity contribution in [1.29, 1.82) is 0 Å². The van der Waals surface area contributed by atoms with Crippen LogP contribution in [0.5, 0.6) is 0 Å². The minimum Gasteiger partial charge on any atom is -0.385 e. The zero-order valence-electron chi connectivity index (χ0n) is 12.2. The first kappa shape index (κ1) is 13.8.